The number of unbranched alkanes of at least 4 members (excludes halogenated alkanes) is 8. The van der Waals surface area contributed by atoms with E-state index in [0.717, 1.165) is 18.4 Å². The van der Waals surface area contributed by atoms with Gasteiger partial charge >= 0.3 is 5.97 Å². The molecule has 0 aliphatic heterocycles. The summed E-state index contributed by atoms with van der Waals surface area (Å²) < 4.78 is 5.22. The first kappa shape index (κ1) is 17.7. The van der Waals surface area contributed by atoms with Crippen LogP contribution in [0.5, 0.6) is 0 Å². The van der Waals surface area contributed by atoms with Crippen molar-refractivity contribution in [2.75, 3.05) is 0 Å². The molecular weight excluding hydrogens is 262 g/mol. The molecule has 0 fully saturated rings. The Balaban J connectivity index is 1.89. The molecule has 0 saturated heterocycles. The molecule has 1 aromatic heterocycles. The number of esters is 1. The van der Waals surface area contributed by atoms with Crippen LogP contribution in [0.25, 0.3) is 0 Å². The number of carbonyl (C=O) groups is 1. The molecule has 0 aliphatic rings. The first-order valence-corrected chi connectivity index (χ1v) is 8.37. The number of hydrogen-bond donors (Lipinski definition) is 0. The van der Waals surface area contributed by atoms with Crippen LogP contribution < -0.4 is 0 Å². The third-order valence-electron chi connectivity index (χ3n) is 3.61. The molecule has 118 valence electrons. The van der Waals surface area contributed by atoms with E-state index in [4.69, 9.17) is 4.74 Å². The zero-order chi connectivity index (χ0) is 15.2. The summed E-state index contributed by atoms with van der Waals surface area (Å²) in [6.45, 7) is 2.58. The van der Waals surface area contributed by atoms with Crippen LogP contribution in [0.1, 0.15) is 76.7 Å². The van der Waals surface area contributed by atoms with Crippen LogP contribution in [-0.2, 0) is 16.1 Å². The second kappa shape index (κ2) is 12.4. The van der Waals surface area contributed by atoms with Gasteiger partial charge in [0.15, 0.2) is 0 Å². The van der Waals surface area contributed by atoms with Gasteiger partial charge in [0.2, 0.25) is 0 Å². The second-order valence-electron chi connectivity index (χ2n) is 5.60. The molecule has 0 spiro atoms. The van der Waals surface area contributed by atoms with Gasteiger partial charge < -0.3 is 4.74 Å². The van der Waals surface area contributed by atoms with Crippen LogP contribution in [0.2, 0.25) is 0 Å². The molecule has 3 nitrogen and oxygen atoms in total. The first-order valence-electron chi connectivity index (χ1n) is 8.37. The van der Waals surface area contributed by atoms with Gasteiger partial charge in [0.1, 0.15) is 6.61 Å². The van der Waals surface area contributed by atoms with E-state index < -0.39 is 0 Å². The van der Waals surface area contributed by atoms with Gasteiger partial charge in [-0.2, -0.15) is 0 Å². The van der Waals surface area contributed by atoms with Crippen LogP contribution in [0.15, 0.2) is 24.5 Å². The Morgan fingerprint density at radius 2 is 1.71 bits per heavy atom. The third-order valence-corrected chi connectivity index (χ3v) is 3.61. The zero-order valence-corrected chi connectivity index (χ0v) is 13.4. The van der Waals surface area contributed by atoms with Crippen molar-refractivity contribution in [3.8, 4) is 0 Å². The van der Waals surface area contributed by atoms with Crippen molar-refractivity contribution >= 4 is 5.97 Å². The normalized spacial score (nSPS) is 10.5. The summed E-state index contributed by atoms with van der Waals surface area (Å²) in [4.78, 5) is 15.6. The van der Waals surface area contributed by atoms with Crippen LogP contribution in [0.3, 0.4) is 0 Å². The predicted molar refractivity (Wildman–Crippen MR) is 85.9 cm³/mol. The highest BCUT2D eigenvalue weighted by Crippen LogP contribution is 2.11. The first-order chi connectivity index (χ1) is 10.3. The molecule has 0 amide bonds. The highest BCUT2D eigenvalue weighted by Gasteiger charge is 2.03. The van der Waals surface area contributed by atoms with E-state index in [1.807, 2.05) is 12.1 Å². The second-order valence-corrected chi connectivity index (χ2v) is 5.60. The molecule has 1 aromatic rings. The molecule has 0 saturated carbocycles. The van der Waals surface area contributed by atoms with Crippen LogP contribution in [0, 0.1) is 0 Å². The van der Waals surface area contributed by atoms with Gasteiger partial charge in [0.05, 0.1) is 0 Å². The molecule has 0 aromatic carbocycles. The van der Waals surface area contributed by atoms with Gasteiger partial charge in [-0.1, -0.05) is 64.4 Å². The van der Waals surface area contributed by atoms with Crippen molar-refractivity contribution in [1.29, 1.82) is 0 Å². The Bertz CT molecular complexity index is 365. The van der Waals surface area contributed by atoms with E-state index in [2.05, 4.69) is 11.9 Å². The SMILES string of the molecule is CCCCCCCCCCCC(=O)OCc1cccnc1. The maximum atomic E-state index is 11.6. The molecule has 0 unspecified atom stereocenters. The fraction of sp³-hybridized carbons (Fsp3) is 0.667. The summed E-state index contributed by atoms with van der Waals surface area (Å²) in [6, 6.07) is 3.77. The lowest BCUT2D eigenvalue weighted by Gasteiger charge is -2.05. The number of nitrogens with zero attached hydrogens (tertiary/aromatic N) is 1. The fourth-order valence-electron chi connectivity index (χ4n) is 2.30. The van der Waals surface area contributed by atoms with Gasteiger partial charge in [-0.3, -0.25) is 9.78 Å². The third kappa shape index (κ3) is 10.1. The van der Waals surface area contributed by atoms with Crippen LogP contribution in [0.4, 0.5) is 0 Å². The fourth-order valence-corrected chi connectivity index (χ4v) is 2.30. The highest BCUT2D eigenvalue weighted by molar-refractivity contribution is 5.69. The van der Waals surface area contributed by atoms with E-state index in [9.17, 15) is 4.79 Å². The van der Waals surface area contributed by atoms with Gasteiger partial charge in [-0.15, -0.1) is 0 Å². The Kier molecular flexibility index (Phi) is 10.4. The number of rotatable bonds is 12. The zero-order valence-electron chi connectivity index (χ0n) is 13.4. The smallest absolute Gasteiger partial charge is 0.306 e. The van der Waals surface area contributed by atoms with Crippen molar-refractivity contribution in [3.63, 3.8) is 0 Å². The topological polar surface area (TPSA) is 39.2 Å². The molecule has 0 aliphatic carbocycles. The monoisotopic (exact) mass is 291 g/mol. The summed E-state index contributed by atoms with van der Waals surface area (Å²) in [7, 11) is 0. The molecule has 0 N–H and O–H groups in total. The number of hydrogen-bond acceptors (Lipinski definition) is 3. The molecular formula is C18H29NO2. The van der Waals surface area contributed by atoms with E-state index >= 15 is 0 Å². The standard InChI is InChI=1S/C18H29NO2/c1-2-3-4-5-6-7-8-9-10-13-18(20)21-16-17-12-11-14-19-15-17/h11-12,14-15H,2-10,13,16H2,1H3. The lowest BCUT2D eigenvalue weighted by molar-refractivity contribution is -0.145. The lowest BCUT2D eigenvalue weighted by atomic mass is 10.1. The van der Waals surface area contributed by atoms with E-state index in [1.165, 1.54) is 44.9 Å². The summed E-state index contributed by atoms with van der Waals surface area (Å²) in [5.41, 5.74) is 0.943. The quantitative estimate of drug-likeness (QED) is 0.400. The van der Waals surface area contributed by atoms with Crippen molar-refractivity contribution in [3.05, 3.63) is 30.1 Å². The minimum Gasteiger partial charge on any atom is -0.461 e. The van der Waals surface area contributed by atoms with E-state index in [1.54, 1.807) is 12.4 Å². The molecule has 1 rings (SSSR count). The van der Waals surface area contributed by atoms with Crippen molar-refractivity contribution < 1.29 is 9.53 Å². The van der Waals surface area contributed by atoms with Gasteiger partial charge in [-0.25, -0.2) is 0 Å². The average molecular weight is 291 g/mol. The van der Waals surface area contributed by atoms with Crippen molar-refractivity contribution in [2.45, 2.75) is 77.7 Å². The minimum absolute atomic E-state index is 0.0956. The number of aromatic nitrogens is 1. The maximum Gasteiger partial charge on any atom is 0.306 e. The summed E-state index contributed by atoms with van der Waals surface area (Å²) >= 11 is 0. The predicted octanol–water partition coefficient (Wildman–Crippen LogP) is 5.05. The van der Waals surface area contributed by atoms with Crippen molar-refractivity contribution in [1.82, 2.24) is 4.98 Å². The molecule has 21 heavy (non-hydrogen) atoms. The molecule has 0 atom stereocenters. The molecule has 0 radical (unpaired) electrons. The van der Waals surface area contributed by atoms with E-state index in [0.29, 0.717) is 13.0 Å². The molecule has 1 heterocycles. The number of ether oxygens (including phenoxy) is 1. The van der Waals surface area contributed by atoms with Gasteiger partial charge in [0, 0.05) is 24.4 Å². The largest absolute Gasteiger partial charge is 0.461 e. The maximum absolute atomic E-state index is 11.6. The summed E-state index contributed by atoms with van der Waals surface area (Å²) in [5.74, 6) is -0.0956. The molecule has 3 heteroatoms. The Labute approximate surface area is 129 Å². The minimum atomic E-state index is -0.0956. The average Bonchev–Trinajstić information content (AvgIpc) is 2.52. The number of carbonyl (C=O) groups excluding carboxylic acids is 1. The van der Waals surface area contributed by atoms with Crippen molar-refractivity contribution in [2.24, 2.45) is 0 Å². The molecule has 0 bridgehead atoms. The van der Waals surface area contributed by atoms with Gasteiger partial charge in [-0.05, 0) is 12.5 Å². The Hall–Kier alpha value is -1.38. The lowest BCUT2D eigenvalue weighted by Crippen LogP contribution is -2.04. The number of pyridine rings is 1. The van der Waals surface area contributed by atoms with E-state index in [-0.39, 0.29) is 5.97 Å². The Morgan fingerprint density at radius 3 is 2.33 bits per heavy atom. The highest BCUT2D eigenvalue weighted by atomic mass is 16.5. The summed E-state index contributed by atoms with van der Waals surface area (Å²) in [6.07, 6.45) is 15.3. The Morgan fingerprint density at radius 1 is 1.05 bits per heavy atom. The van der Waals surface area contributed by atoms with Crippen LogP contribution >= 0.6 is 0 Å². The van der Waals surface area contributed by atoms with Crippen LogP contribution in [-0.4, -0.2) is 11.0 Å². The van der Waals surface area contributed by atoms with Gasteiger partial charge in [0.25, 0.3) is 0 Å². The summed E-state index contributed by atoms with van der Waals surface area (Å²) in [5, 5.41) is 0.